The number of hydrogen-bond donors (Lipinski definition) is 0. The van der Waals surface area contributed by atoms with Crippen LogP contribution < -0.4 is 4.74 Å². The molecule has 1 aliphatic heterocycles. The number of aryl methyl sites for hydroxylation is 2. The lowest BCUT2D eigenvalue weighted by molar-refractivity contribution is 0.0922. The highest BCUT2D eigenvalue weighted by atomic mass is 35.5. The van der Waals surface area contributed by atoms with Crippen molar-refractivity contribution in [1.29, 1.82) is 0 Å². The number of carbonyl (C=O) groups is 1. The summed E-state index contributed by atoms with van der Waals surface area (Å²) in [5.74, 6) is 0.376. The maximum atomic E-state index is 13.0. The monoisotopic (exact) mass is 480 g/mol. The summed E-state index contributed by atoms with van der Waals surface area (Å²) in [4.78, 5) is 17.5. The summed E-state index contributed by atoms with van der Waals surface area (Å²) in [5, 5.41) is 1.44. The molecule has 164 valence electrons. The standard InChI is InChI=1S/C22H22Cl2N2O4S/c1-12-4-5-16-18(23)9-19(24)22(21(16)25-12)30-10-20(27)17-8-13(2)26(14(17)3)15-6-7-31(28,29)11-15/h4-5,8-9,15H,6-7,10-11H2,1-3H3/t15-/m1/s1. The normalized spacial score (nSPS) is 17.9. The molecule has 0 bridgehead atoms. The van der Waals surface area contributed by atoms with Gasteiger partial charge in [-0.05, 0) is 51.5 Å². The van der Waals surface area contributed by atoms with E-state index in [9.17, 15) is 13.2 Å². The molecule has 1 saturated heterocycles. The Morgan fingerprint density at radius 2 is 1.94 bits per heavy atom. The first kappa shape index (κ1) is 22.1. The molecular formula is C22H22Cl2N2O4S. The predicted molar refractivity (Wildman–Crippen MR) is 123 cm³/mol. The summed E-state index contributed by atoms with van der Waals surface area (Å²) < 4.78 is 31.6. The highest BCUT2D eigenvalue weighted by molar-refractivity contribution is 7.91. The van der Waals surface area contributed by atoms with Gasteiger partial charge in [0, 0.05) is 34.1 Å². The Hall–Kier alpha value is -2.09. The van der Waals surface area contributed by atoms with Crippen molar-refractivity contribution < 1.29 is 17.9 Å². The molecule has 1 aromatic carbocycles. The Morgan fingerprint density at radius 1 is 1.19 bits per heavy atom. The summed E-state index contributed by atoms with van der Waals surface area (Å²) in [6.45, 7) is 5.34. The van der Waals surface area contributed by atoms with E-state index in [4.69, 9.17) is 27.9 Å². The van der Waals surface area contributed by atoms with Crippen LogP contribution in [-0.2, 0) is 9.84 Å². The number of aromatic nitrogens is 2. The maximum Gasteiger partial charge on any atom is 0.202 e. The van der Waals surface area contributed by atoms with Gasteiger partial charge in [0.25, 0.3) is 0 Å². The van der Waals surface area contributed by atoms with E-state index in [1.807, 2.05) is 37.5 Å². The number of benzene rings is 1. The smallest absolute Gasteiger partial charge is 0.202 e. The van der Waals surface area contributed by atoms with Gasteiger partial charge in [0.05, 0.1) is 21.6 Å². The van der Waals surface area contributed by atoms with Gasteiger partial charge in [-0.15, -0.1) is 0 Å². The Labute approximate surface area is 191 Å². The fourth-order valence-electron chi connectivity index (χ4n) is 4.24. The number of ether oxygens (including phenoxy) is 1. The average molecular weight is 481 g/mol. The third-order valence-corrected chi connectivity index (χ3v) is 8.03. The molecule has 1 atom stereocenters. The molecule has 0 spiro atoms. The molecule has 9 heteroatoms. The fourth-order valence-corrected chi connectivity index (χ4v) is 6.51. The quantitative estimate of drug-likeness (QED) is 0.485. The molecule has 0 saturated carbocycles. The number of nitrogens with zero attached hydrogens (tertiary/aromatic N) is 2. The number of pyridine rings is 1. The van der Waals surface area contributed by atoms with Gasteiger partial charge in [0.2, 0.25) is 5.78 Å². The van der Waals surface area contributed by atoms with Gasteiger partial charge in [0.15, 0.2) is 22.2 Å². The largest absolute Gasteiger partial charge is 0.482 e. The number of rotatable bonds is 5. The van der Waals surface area contributed by atoms with Crippen molar-refractivity contribution in [3.05, 3.63) is 57.0 Å². The molecule has 0 unspecified atom stereocenters. The van der Waals surface area contributed by atoms with Gasteiger partial charge in [-0.1, -0.05) is 23.2 Å². The second-order valence-corrected chi connectivity index (χ2v) is 11.0. The van der Waals surface area contributed by atoms with Crippen LogP contribution in [0.2, 0.25) is 10.0 Å². The first-order chi connectivity index (χ1) is 14.6. The molecule has 6 nitrogen and oxygen atoms in total. The van der Waals surface area contributed by atoms with E-state index in [0.29, 0.717) is 33.7 Å². The number of fused-ring (bicyclic) bond motifs is 1. The summed E-state index contributed by atoms with van der Waals surface area (Å²) in [6, 6.07) is 6.91. The molecular weight excluding hydrogens is 459 g/mol. The SMILES string of the molecule is Cc1ccc2c(Cl)cc(Cl)c(OCC(=O)c3cc(C)n([C@@H]4CCS(=O)(=O)C4)c3C)c2n1. The third-order valence-electron chi connectivity index (χ3n) is 5.68. The van der Waals surface area contributed by atoms with Gasteiger partial charge >= 0.3 is 0 Å². The summed E-state index contributed by atoms with van der Waals surface area (Å²) in [7, 11) is -3.03. The minimum Gasteiger partial charge on any atom is -0.482 e. The van der Waals surface area contributed by atoms with Crippen molar-refractivity contribution in [2.24, 2.45) is 0 Å². The summed E-state index contributed by atoms with van der Waals surface area (Å²) >= 11 is 12.6. The lowest BCUT2D eigenvalue weighted by Crippen LogP contribution is -2.16. The molecule has 0 N–H and O–H groups in total. The van der Waals surface area contributed by atoms with Crippen molar-refractivity contribution in [3.63, 3.8) is 0 Å². The van der Waals surface area contributed by atoms with Crippen molar-refractivity contribution in [1.82, 2.24) is 9.55 Å². The lowest BCUT2D eigenvalue weighted by Gasteiger charge is -2.16. The van der Waals surface area contributed by atoms with E-state index in [-0.39, 0.29) is 35.0 Å². The molecule has 31 heavy (non-hydrogen) atoms. The van der Waals surface area contributed by atoms with Crippen molar-refractivity contribution >= 4 is 49.7 Å². The Morgan fingerprint density at radius 3 is 2.61 bits per heavy atom. The number of sulfone groups is 1. The molecule has 0 radical (unpaired) electrons. The zero-order chi connectivity index (χ0) is 22.5. The van der Waals surface area contributed by atoms with E-state index in [1.54, 1.807) is 12.1 Å². The molecule has 1 aliphatic rings. The van der Waals surface area contributed by atoms with E-state index in [2.05, 4.69) is 4.98 Å². The van der Waals surface area contributed by atoms with Crippen LogP contribution >= 0.6 is 23.2 Å². The van der Waals surface area contributed by atoms with Gasteiger partial charge in [-0.2, -0.15) is 0 Å². The number of carbonyl (C=O) groups excluding carboxylic acids is 1. The Bertz CT molecular complexity index is 1320. The van der Waals surface area contributed by atoms with Crippen LogP contribution in [0, 0.1) is 20.8 Å². The summed E-state index contributed by atoms with van der Waals surface area (Å²) in [6.07, 6.45) is 0.556. The molecule has 2 aromatic heterocycles. The van der Waals surface area contributed by atoms with Gasteiger partial charge < -0.3 is 9.30 Å². The molecule has 4 rings (SSSR count). The second-order valence-electron chi connectivity index (χ2n) is 7.94. The van der Waals surface area contributed by atoms with E-state index in [1.165, 1.54) is 0 Å². The number of ketones is 1. The van der Waals surface area contributed by atoms with E-state index < -0.39 is 9.84 Å². The Balaban J connectivity index is 1.61. The molecule has 3 heterocycles. The summed E-state index contributed by atoms with van der Waals surface area (Å²) in [5.41, 5.74) is 3.40. The molecule has 0 aliphatic carbocycles. The van der Waals surface area contributed by atoms with Crippen LogP contribution in [0.1, 0.15) is 39.9 Å². The number of Topliss-reactive ketones (excluding diaryl/α,β-unsaturated/α-hetero) is 1. The first-order valence-electron chi connectivity index (χ1n) is 9.87. The van der Waals surface area contributed by atoms with Gasteiger partial charge in [-0.3, -0.25) is 4.79 Å². The zero-order valence-corrected chi connectivity index (χ0v) is 19.7. The first-order valence-corrected chi connectivity index (χ1v) is 12.5. The molecule has 1 fully saturated rings. The van der Waals surface area contributed by atoms with Crippen LogP contribution in [0.4, 0.5) is 0 Å². The Kier molecular flexibility index (Phi) is 5.79. The van der Waals surface area contributed by atoms with E-state index >= 15 is 0 Å². The number of hydrogen-bond acceptors (Lipinski definition) is 5. The van der Waals surface area contributed by atoms with Crippen LogP contribution in [0.15, 0.2) is 24.3 Å². The zero-order valence-electron chi connectivity index (χ0n) is 17.4. The fraction of sp³-hybridized carbons (Fsp3) is 0.364. The van der Waals surface area contributed by atoms with Crippen molar-refractivity contribution in [3.8, 4) is 5.75 Å². The van der Waals surface area contributed by atoms with Gasteiger partial charge in [-0.25, -0.2) is 13.4 Å². The van der Waals surface area contributed by atoms with Crippen LogP contribution in [0.5, 0.6) is 5.75 Å². The third kappa shape index (κ3) is 4.19. The average Bonchev–Trinajstić information content (AvgIpc) is 3.18. The highest BCUT2D eigenvalue weighted by Gasteiger charge is 2.31. The minimum absolute atomic E-state index is 0.102. The van der Waals surface area contributed by atoms with Gasteiger partial charge in [0.1, 0.15) is 5.52 Å². The second kappa shape index (κ2) is 8.11. The predicted octanol–water partition coefficient (Wildman–Crippen LogP) is 4.89. The van der Waals surface area contributed by atoms with Crippen LogP contribution in [0.3, 0.4) is 0 Å². The van der Waals surface area contributed by atoms with Crippen LogP contribution in [0.25, 0.3) is 10.9 Å². The topological polar surface area (TPSA) is 78.3 Å². The minimum atomic E-state index is -3.03. The maximum absolute atomic E-state index is 13.0. The number of halogens is 2. The lowest BCUT2D eigenvalue weighted by atomic mass is 10.1. The molecule has 0 amide bonds. The van der Waals surface area contributed by atoms with Crippen molar-refractivity contribution in [2.75, 3.05) is 18.1 Å². The van der Waals surface area contributed by atoms with Crippen molar-refractivity contribution in [2.45, 2.75) is 33.2 Å². The highest BCUT2D eigenvalue weighted by Crippen LogP contribution is 2.37. The molecule has 3 aromatic rings. The van der Waals surface area contributed by atoms with Crippen LogP contribution in [-0.4, -0.2) is 41.9 Å². The van der Waals surface area contributed by atoms with E-state index in [0.717, 1.165) is 17.1 Å².